The molecule has 0 aromatic carbocycles. The van der Waals surface area contributed by atoms with E-state index >= 15 is 0 Å². The van der Waals surface area contributed by atoms with Crippen molar-refractivity contribution in [3.05, 3.63) is 0 Å². The van der Waals surface area contributed by atoms with Crippen LogP contribution in [0.5, 0.6) is 0 Å². The fourth-order valence-corrected chi connectivity index (χ4v) is 2.86. The number of hydrogen-bond donors (Lipinski definition) is 2. The van der Waals surface area contributed by atoms with Gasteiger partial charge in [0.25, 0.3) is 0 Å². The monoisotopic (exact) mass is 234 g/mol. The molecule has 2 atom stereocenters. The summed E-state index contributed by atoms with van der Waals surface area (Å²) < 4.78 is 0. The van der Waals surface area contributed by atoms with Crippen LogP contribution in [0.4, 0.5) is 0 Å². The van der Waals surface area contributed by atoms with Gasteiger partial charge in [-0.25, -0.2) is 0 Å². The number of unbranched alkanes of at least 4 members (excludes halogenated alkanes) is 2. The first-order valence-corrected chi connectivity index (χ1v) is 7.09. The van der Waals surface area contributed by atoms with E-state index in [9.17, 15) is 10.2 Å². The lowest BCUT2D eigenvalue weighted by Crippen LogP contribution is -2.17. The molecule has 3 heteroatoms. The minimum Gasteiger partial charge on any atom is -0.395 e. The second kappa shape index (κ2) is 10.8. The highest BCUT2D eigenvalue weighted by molar-refractivity contribution is 8.00. The molecule has 0 aliphatic carbocycles. The maximum absolute atomic E-state index is 9.22. The Morgan fingerprint density at radius 1 is 0.867 bits per heavy atom. The molecule has 0 fully saturated rings. The quantitative estimate of drug-likeness (QED) is 0.610. The van der Waals surface area contributed by atoms with Crippen LogP contribution in [-0.4, -0.2) is 33.9 Å². The molecule has 0 heterocycles. The maximum Gasteiger partial charge on any atom is 0.0550 e. The van der Waals surface area contributed by atoms with E-state index in [1.807, 2.05) is 0 Å². The van der Waals surface area contributed by atoms with Crippen molar-refractivity contribution in [2.75, 3.05) is 13.2 Å². The SMILES string of the molecule is CCCCC(CO)SC(CO)CCCC. The van der Waals surface area contributed by atoms with Gasteiger partial charge in [-0.3, -0.25) is 0 Å². The number of aliphatic hydroxyl groups excluding tert-OH is 2. The summed E-state index contributed by atoms with van der Waals surface area (Å²) in [5, 5.41) is 19.1. The van der Waals surface area contributed by atoms with Crippen molar-refractivity contribution in [1.82, 2.24) is 0 Å². The van der Waals surface area contributed by atoms with E-state index in [-0.39, 0.29) is 13.2 Å². The Bertz CT molecular complexity index is 117. The summed E-state index contributed by atoms with van der Waals surface area (Å²) in [7, 11) is 0. The lowest BCUT2D eigenvalue weighted by atomic mass is 10.2. The summed E-state index contributed by atoms with van der Waals surface area (Å²) >= 11 is 1.77. The van der Waals surface area contributed by atoms with Crippen LogP contribution in [0.3, 0.4) is 0 Å². The van der Waals surface area contributed by atoms with Crippen molar-refractivity contribution in [2.45, 2.75) is 62.9 Å². The molecular weight excluding hydrogens is 208 g/mol. The van der Waals surface area contributed by atoms with E-state index in [1.165, 1.54) is 25.7 Å². The van der Waals surface area contributed by atoms with Gasteiger partial charge in [-0.05, 0) is 12.8 Å². The molecule has 0 aliphatic heterocycles. The first-order chi connectivity index (χ1) is 7.28. The van der Waals surface area contributed by atoms with E-state index in [4.69, 9.17) is 0 Å². The molecular formula is C12H26O2S. The van der Waals surface area contributed by atoms with Crippen LogP contribution in [0.1, 0.15) is 52.4 Å². The average molecular weight is 234 g/mol. The highest BCUT2D eigenvalue weighted by Crippen LogP contribution is 2.25. The van der Waals surface area contributed by atoms with Gasteiger partial charge in [0.05, 0.1) is 13.2 Å². The van der Waals surface area contributed by atoms with E-state index < -0.39 is 0 Å². The predicted octanol–water partition coefficient (Wildman–Crippen LogP) is 2.82. The minimum atomic E-state index is 0.243. The summed E-state index contributed by atoms with van der Waals surface area (Å²) in [6, 6.07) is 0. The molecule has 0 aromatic rings. The van der Waals surface area contributed by atoms with Gasteiger partial charge < -0.3 is 10.2 Å². The molecule has 0 bridgehead atoms. The molecule has 2 nitrogen and oxygen atoms in total. The predicted molar refractivity (Wildman–Crippen MR) is 68.4 cm³/mol. The summed E-state index contributed by atoms with van der Waals surface area (Å²) in [6.07, 6.45) is 6.83. The third-order valence-corrected chi connectivity index (χ3v) is 4.09. The summed E-state index contributed by atoms with van der Waals surface area (Å²) in [6.45, 7) is 4.82. The molecule has 0 aliphatic rings. The van der Waals surface area contributed by atoms with E-state index in [0.29, 0.717) is 10.5 Å². The van der Waals surface area contributed by atoms with E-state index in [2.05, 4.69) is 13.8 Å². The standard InChI is InChI=1S/C12H26O2S/c1-3-5-7-11(9-13)15-12(10-14)8-6-4-2/h11-14H,3-10H2,1-2H3. The summed E-state index contributed by atoms with van der Waals surface area (Å²) in [5.74, 6) is 0. The van der Waals surface area contributed by atoms with Crippen molar-refractivity contribution < 1.29 is 10.2 Å². The molecule has 0 saturated heterocycles. The Labute approximate surface area is 98.5 Å². The maximum atomic E-state index is 9.22. The van der Waals surface area contributed by atoms with Crippen molar-refractivity contribution in [2.24, 2.45) is 0 Å². The van der Waals surface area contributed by atoms with Crippen LogP contribution in [0.2, 0.25) is 0 Å². The zero-order chi connectivity index (χ0) is 11.5. The summed E-state index contributed by atoms with van der Waals surface area (Å²) in [5.41, 5.74) is 0. The molecule has 0 radical (unpaired) electrons. The van der Waals surface area contributed by atoms with Gasteiger partial charge in [0, 0.05) is 10.5 Å². The zero-order valence-electron chi connectivity index (χ0n) is 10.1. The van der Waals surface area contributed by atoms with Gasteiger partial charge >= 0.3 is 0 Å². The van der Waals surface area contributed by atoms with Crippen molar-refractivity contribution >= 4 is 11.8 Å². The van der Waals surface area contributed by atoms with Crippen LogP contribution in [-0.2, 0) is 0 Å². The second-order valence-electron chi connectivity index (χ2n) is 4.03. The number of thioether (sulfide) groups is 1. The topological polar surface area (TPSA) is 40.5 Å². The van der Waals surface area contributed by atoms with Gasteiger partial charge in [0.15, 0.2) is 0 Å². The molecule has 15 heavy (non-hydrogen) atoms. The molecule has 0 rings (SSSR count). The van der Waals surface area contributed by atoms with Crippen molar-refractivity contribution in [3.63, 3.8) is 0 Å². The lowest BCUT2D eigenvalue weighted by molar-refractivity contribution is 0.279. The van der Waals surface area contributed by atoms with Gasteiger partial charge in [0.2, 0.25) is 0 Å². The Balaban J connectivity index is 3.77. The number of rotatable bonds is 10. The Morgan fingerprint density at radius 3 is 1.53 bits per heavy atom. The third-order valence-electron chi connectivity index (χ3n) is 2.55. The Hall–Kier alpha value is 0.270. The zero-order valence-corrected chi connectivity index (χ0v) is 10.9. The Kier molecular flexibility index (Phi) is 11.0. The molecule has 0 spiro atoms. The van der Waals surface area contributed by atoms with Gasteiger partial charge in [-0.15, -0.1) is 0 Å². The number of hydrogen-bond acceptors (Lipinski definition) is 3. The van der Waals surface area contributed by atoms with Crippen molar-refractivity contribution in [1.29, 1.82) is 0 Å². The fourth-order valence-electron chi connectivity index (χ4n) is 1.54. The molecule has 0 saturated carbocycles. The molecule has 92 valence electrons. The fraction of sp³-hybridized carbons (Fsp3) is 1.00. The van der Waals surface area contributed by atoms with Gasteiger partial charge in [-0.2, -0.15) is 11.8 Å². The second-order valence-corrected chi connectivity index (χ2v) is 5.64. The normalized spacial score (nSPS) is 15.2. The molecule has 2 N–H and O–H groups in total. The molecule has 0 amide bonds. The van der Waals surface area contributed by atoms with Crippen LogP contribution in [0.15, 0.2) is 0 Å². The third kappa shape index (κ3) is 8.12. The lowest BCUT2D eigenvalue weighted by Gasteiger charge is -2.20. The van der Waals surface area contributed by atoms with Crippen LogP contribution >= 0.6 is 11.8 Å². The van der Waals surface area contributed by atoms with E-state index in [1.54, 1.807) is 11.8 Å². The van der Waals surface area contributed by atoms with Gasteiger partial charge in [-0.1, -0.05) is 39.5 Å². The van der Waals surface area contributed by atoms with E-state index in [0.717, 1.165) is 12.8 Å². The van der Waals surface area contributed by atoms with Crippen LogP contribution < -0.4 is 0 Å². The van der Waals surface area contributed by atoms with Crippen LogP contribution in [0.25, 0.3) is 0 Å². The van der Waals surface area contributed by atoms with Gasteiger partial charge in [0.1, 0.15) is 0 Å². The largest absolute Gasteiger partial charge is 0.395 e. The molecule has 0 aromatic heterocycles. The average Bonchev–Trinajstić information content (AvgIpc) is 2.28. The first-order valence-electron chi connectivity index (χ1n) is 6.15. The summed E-state index contributed by atoms with van der Waals surface area (Å²) in [4.78, 5) is 0. The Morgan fingerprint density at radius 2 is 1.27 bits per heavy atom. The highest BCUT2D eigenvalue weighted by atomic mass is 32.2. The molecule has 2 unspecified atom stereocenters. The first kappa shape index (κ1) is 15.3. The number of aliphatic hydroxyl groups is 2. The van der Waals surface area contributed by atoms with Crippen LogP contribution in [0, 0.1) is 0 Å². The highest BCUT2D eigenvalue weighted by Gasteiger charge is 2.15. The minimum absolute atomic E-state index is 0.243. The smallest absolute Gasteiger partial charge is 0.0550 e. The van der Waals surface area contributed by atoms with Crippen molar-refractivity contribution in [3.8, 4) is 0 Å².